The van der Waals surface area contributed by atoms with Gasteiger partial charge in [-0.25, -0.2) is 8.42 Å². The fourth-order valence-corrected chi connectivity index (χ4v) is 4.92. The monoisotopic (exact) mass is 444 g/mol. The second-order valence-electron chi connectivity index (χ2n) is 9.00. The van der Waals surface area contributed by atoms with Gasteiger partial charge in [-0.15, -0.1) is 0 Å². The molecule has 1 atom stereocenters. The molecule has 1 aliphatic rings. The molecular formula is C24H32N2O4S. The Morgan fingerprint density at radius 1 is 1.13 bits per heavy atom. The van der Waals surface area contributed by atoms with Crippen molar-refractivity contribution in [3.63, 3.8) is 0 Å². The summed E-state index contributed by atoms with van der Waals surface area (Å²) in [5, 5.41) is 3.13. The van der Waals surface area contributed by atoms with Crippen LogP contribution in [0, 0.1) is 13.8 Å². The van der Waals surface area contributed by atoms with Gasteiger partial charge in [-0.2, -0.15) is 0 Å². The van der Waals surface area contributed by atoms with Crippen molar-refractivity contribution in [1.82, 2.24) is 5.32 Å². The third kappa shape index (κ3) is 6.00. The zero-order chi connectivity index (χ0) is 22.8. The molecule has 168 valence electrons. The maximum absolute atomic E-state index is 12.7. The minimum atomic E-state index is -3.43. The van der Waals surface area contributed by atoms with Gasteiger partial charge in [-0.3, -0.25) is 9.10 Å². The topological polar surface area (TPSA) is 75.7 Å². The van der Waals surface area contributed by atoms with Gasteiger partial charge in [-0.1, -0.05) is 35.4 Å². The Labute approximate surface area is 185 Å². The van der Waals surface area contributed by atoms with Crippen LogP contribution in [0.5, 0.6) is 5.75 Å². The highest BCUT2D eigenvalue weighted by Gasteiger charge is 2.34. The number of ether oxygens (including phenoxy) is 1. The van der Waals surface area contributed by atoms with Gasteiger partial charge in [0.1, 0.15) is 11.4 Å². The Balaban J connectivity index is 1.64. The smallest absolute Gasteiger partial charge is 0.232 e. The van der Waals surface area contributed by atoms with Crippen LogP contribution in [-0.4, -0.2) is 32.7 Å². The highest BCUT2D eigenvalue weighted by Crippen LogP contribution is 2.39. The Morgan fingerprint density at radius 3 is 2.42 bits per heavy atom. The molecule has 3 rings (SSSR count). The van der Waals surface area contributed by atoms with E-state index in [1.807, 2.05) is 52.0 Å². The van der Waals surface area contributed by atoms with Crippen molar-refractivity contribution in [2.75, 3.05) is 17.1 Å². The standard InChI is InChI=1S/C24H32N2O4S/c1-17-8-11-19(12-9-17)26(31(5,28)29)14-6-7-23(27)25-21-16-24(3,4)30-22-13-10-18(2)15-20(21)22/h8-13,15,21H,6-7,14,16H2,1-5H3,(H,25,27)/t21-/m0/s1. The molecule has 0 radical (unpaired) electrons. The highest BCUT2D eigenvalue weighted by molar-refractivity contribution is 7.92. The summed E-state index contributed by atoms with van der Waals surface area (Å²) in [6.07, 6.45) is 2.54. The van der Waals surface area contributed by atoms with E-state index in [9.17, 15) is 13.2 Å². The number of fused-ring (bicyclic) bond motifs is 1. The van der Waals surface area contributed by atoms with E-state index in [-0.39, 0.29) is 30.5 Å². The van der Waals surface area contributed by atoms with Gasteiger partial charge in [-0.05, 0) is 52.3 Å². The molecule has 7 heteroatoms. The van der Waals surface area contributed by atoms with Crippen LogP contribution >= 0.6 is 0 Å². The van der Waals surface area contributed by atoms with E-state index >= 15 is 0 Å². The largest absolute Gasteiger partial charge is 0.487 e. The van der Waals surface area contributed by atoms with Crippen molar-refractivity contribution in [1.29, 1.82) is 0 Å². The molecule has 1 N–H and O–H groups in total. The van der Waals surface area contributed by atoms with E-state index in [2.05, 4.69) is 11.4 Å². The highest BCUT2D eigenvalue weighted by atomic mass is 32.2. The first-order chi connectivity index (χ1) is 14.4. The molecule has 6 nitrogen and oxygen atoms in total. The lowest BCUT2D eigenvalue weighted by atomic mass is 9.89. The van der Waals surface area contributed by atoms with E-state index in [0.717, 1.165) is 22.4 Å². The fourth-order valence-electron chi connectivity index (χ4n) is 3.95. The summed E-state index contributed by atoms with van der Waals surface area (Å²) in [5.41, 5.74) is 3.41. The molecular weight excluding hydrogens is 412 g/mol. The first kappa shape index (κ1) is 23.1. The van der Waals surface area contributed by atoms with Gasteiger partial charge < -0.3 is 10.1 Å². The van der Waals surface area contributed by atoms with E-state index in [1.54, 1.807) is 12.1 Å². The van der Waals surface area contributed by atoms with Crippen LogP contribution in [-0.2, 0) is 14.8 Å². The number of aryl methyl sites for hydroxylation is 2. The average Bonchev–Trinajstić information content (AvgIpc) is 2.65. The summed E-state index contributed by atoms with van der Waals surface area (Å²) < 4.78 is 31.9. The van der Waals surface area contributed by atoms with E-state index in [4.69, 9.17) is 4.74 Å². The number of benzene rings is 2. The number of rotatable bonds is 7. The Morgan fingerprint density at radius 2 is 1.77 bits per heavy atom. The van der Waals surface area contributed by atoms with Crippen LogP contribution in [0.4, 0.5) is 5.69 Å². The first-order valence-corrected chi connectivity index (χ1v) is 12.4. The van der Waals surface area contributed by atoms with Crippen LogP contribution in [0.2, 0.25) is 0 Å². The summed E-state index contributed by atoms with van der Waals surface area (Å²) in [6.45, 7) is 8.26. The number of carbonyl (C=O) groups excluding carboxylic acids is 1. The Bertz CT molecular complexity index is 1050. The lowest BCUT2D eigenvalue weighted by Crippen LogP contribution is -2.41. The summed E-state index contributed by atoms with van der Waals surface area (Å²) in [7, 11) is -3.43. The summed E-state index contributed by atoms with van der Waals surface area (Å²) in [6, 6.07) is 13.2. The molecule has 0 aliphatic carbocycles. The number of hydrogen-bond donors (Lipinski definition) is 1. The SMILES string of the molecule is Cc1ccc(N(CCCC(=O)N[C@H]2CC(C)(C)Oc3ccc(C)cc32)S(C)(=O)=O)cc1. The number of amides is 1. The van der Waals surface area contributed by atoms with Gasteiger partial charge in [0, 0.05) is 24.9 Å². The zero-order valence-corrected chi connectivity index (χ0v) is 19.8. The van der Waals surface area contributed by atoms with Crippen molar-refractivity contribution in [2.24, 2.45) is 0 Å². The van der Waals surface area contributed by atoms with Crippen LogP contribution in [0.25, 0.3) is 0 Å². The predicted molar refractivity (Wildman–Crippen MR) is 124 cm³/mol. The summed E-state index contributed by atoms with van der Waals surface area (Å²) >= 11 is 0. The molecule has 0 fully saturated rings. The number of hydrogen-bond acceptors (Lipinski definition) is 4. The van der Waals surface area contributed by atoms with Crippen molar-refractivity contribution >= 4 is 21.6 Å². The Hall–Kier alpha value is -2.54. The molecule has 0 unspecified atom stereocenters. The lowest BCUT2D eigenvalue weighted by Gasteiger charge is -2.38. The third-order valence-electron chi connectivity index (χ3n) is 5.45. The van der Waals surface area contributed by atoms with Gasteiger partial charge in [0.2, 0.25) is 15.9 Å². The number of anilines is 1. The first-order valence-electron chi connectivity index (χ1n) is 10.6. The second-order valence-corrected chi connectivity index (χ2v) is 10.9. The zero-order valence-electron chi connectivity index (χ0n) is 18.9. The number of carbonyl (C=O) groups is 1. The molecule has 31 heavy (non-hydrogen) atoms. The van der Waals surface area contributed by atoms with Gasteiger partial charge in [0.25, 0.3) is 0 Å². The van der Waals surface area contributed by atoms with Gasteiger partial charge in [0.05, 0.1) is 18.0 Å². The van der Waals surface area contributed by atoms with Crippen LogP contribution in [0.3, 0.4) is 0 Å². The quantitative estimate of drug-likeness (QED) is 0.692. The maximum Gasteiger partial charge on any atom is 0.232 e. The minimum absolute atomic E-state index is 0.0903. The van der Waals surface area contributed by atoms with E-state index < -0.39 is 10.0 Å². The molecule has 1 amide bonds. The molecule has 0 spiro atoms. The second kappa shape index (κ2) is 8.91. The number of sulfonamides is 1. The van der Waals surface area contributed by atoms with Crippen LogP contribution < -0.4 is 14.4 Å². The average molecular weight is 445 g/mol. The molecule has 0 bridgehead atoms. The predicted octanol–water partition coefficient (Wildman–Crippen LogP) is 4.27. The molecule has 0 saturated heterocycles. The molecule has 0 aromatic heterocycles. The molecule has 2 aromatic rings. The van der Waals surface area contributed by atoms with Crippen molar-refractivity contribution < 1.29 is 17.9 Å². The van der Waals surface area contributed by atoms with Crippen molar-refractivity contribution in [3.05, 3.63) is 59.2 Å². The third-order valence-corrected chi connectivity index (χ3v) is 6.64. The van der Waals surface area contributed by atoms with E-state index in [1.165, 1.54) is 10.6 Å². The Kier molecular flexibility index (Phi) is 6.65. The lowest BCUT2D eigenvalue weighted by molar-refractivity contribution is -0.122. The number of nitrogens with zero attached hydrogens (tertiary/aromatic N) is 1. The number of nitrogens with one attached hydrogen (secondary N) is 1. The maximum atomic E-state index is 12.7. The van der Waals surface area contributed by atoms with Crippen molar-refractivity contribution in [2.45, 2.75) is 58.6 Å². The molecule has 1 aliphatic heterocycles. The minimum Gasteiger partial charge on any atom is -0.487 e. The summed E-state index contributed by atoms with van der Waals surface area (Å²) in [5.74, 6) is 0.710. The van der Waals surface area contributed by atoms with Crippen LogP contribution in [0.15, 0.2) is 42.5 Å². The summed E-state index contributed by atoms with van der Waals surface area (Å²) in [4.78, 5) is 12.7. The van der Waals surface area contributed by atoms with E-state index in [0.29, 0.717) is 18.5 Å². The molecule has 1 heterocycles. The van der Waals surface area contributed by atoms with Gasteiger partial charge in [0.15, 0.2) is 0 Å². The van der Waals surface area contributed by atoms with Crippen molar-refractivity contribution in [3.8, 4) is 5.75 Å². The molecule has 0 saturated carbocycles. The fraction of sp³-hybridized carbons (Fsp3) is 0.458. The van der Waals surface area contributed by atoms with Gasteiger partial charge >= 0.3 is 0 Å². The molecule has 2 aromatic carbocycles. The van der Waals surface area contributed by atoms with Crippen LogP contribution in [0.1, 0.15) is 55.8 Å². The normalized spacial score (nSPS) is 17.4.